The number of likely N-dealkylation sites (tertiary alicyclic amines) is 1. The van der Waals surface area contributed by atoms with Crippen molar-refractivity contribution in [3.8, 4) is 0 Å². The van der Waals surface area contributed by atoms with Crippen molar-refractivity contribution in [2.45, 2.75) is 31.9 Å². The minimum atomic E-state index is -0.678. The Labute approximate surface area is 118 Å². The molecule has 0 N–H and O–H groups in total. The highest BCUT2D eigenvalue weighted by Gasteiger charge is 2.24. The number of hydrogen-bond acceptors (Lipinski definition) is 2. The van der Waals surface area contributed by atoms with Crippen molar-refractivity contribution in [2.24, 2.45) is 0 Å². The van der Waals surface area contributed by atoms with Crippen molar-refractivity contribution in [2.75, 3.05) is 19.6 Å². The molecule has 1 aliphatic rings. The van der Waals surface area contributed by atoms with Crippen LogP contribution in [0.3, 0.4) is 0 Å². The van der Waals surface area contributed by atoms with E-state index in [0.29, 0.717) is 24.4 Å². The number of ketones is 1. The van der Waals surface area contributed by atoms with Gasteiger partial charge in [0, 0.05) is 24.7 Å². The Balaban J connectivity index is 2.04. The van der Waals surface area contributed by atoms with Crippen LogP contribution < -0.4 is 0 Å². The molecule has 0 bridgehead atoms. The summed E-state index contributed by atoms with van der Waals surface area (Å²) in [5.41, 5.74) is 0.985. The molecule has 1 atom stereocenters. The summed E-state index contributed by atoms with van der Waals surface area (Å²) < 4.78 is 13.1. The van der Waals surface area contributed by atoms with Gasteiger partial charge in [0.25, 0.3) is 0 Å². The van der Waals surface area contributed by atoms with Crippen LogP contribution in [0.2, 0.25) is 5.02 Å². The molecular weight excluding hydrogens is 265 g/mol. The number of alkyl halides is 1. The minimum Gasteiger partial charge on any atom is -0.302 e. The number of nitrogens with zero attached hydrogens (tertiary/aromatic N) is 1. The Bertz CT molecular complexity index is 426. The molecule has 0 spiro atoms. The molecule has 4 heteroatoms. The second kappa shape index (κ2) is 6.49. The van der Waals surface area contributed by atoms with Crippen LogP contribution in [-0.2, 0) is 4.79 Å². The third kappa shape index (κ3) is 4.02. The van der Waals surface area contributed by atoms with Gasteiger partial charge in [0.15, 0.2) is 0 Å². The smallest absolute Gasteiger partial charge is 0.138 e. The highest BCUT2D eigenvalue weighted by Crippen LogP contribution is 2.23. The highest BCUT2D eigenvalue weighted by atomic mass is 35.5. The van der Waals surface area contributed by atoms with Gasteiger partial charge in [0.05, 0.1) is 5.92 Å². The van der Waals surface area contributed by atoms with Gasteiger partial charge in [0.2, 0.25) is 0 Å². The van der Waals surface area contributed by atoms with Crippen molar-refractivity contribution in [3.63, 3.8) is 0 Å². The molecule has 0 saturated carbocycles. The van der Waals surface area contributed by atoms with Crippen LogP contribution in [0.15, 0.2) is 24.3 Å². The number of piperidine rings is 1. The number of carbonyl (C=O) groups excluding carboxylic acids is 1. The van der Waals surface area contributed by atoms with Crippen LogP contribution in [-0.4, -0.2) is 36.5 Å². The summed E-state index contributed by atoms with van der Waals surface area (Å²) in [6.07, 6.45) is 0.471. The van der Waals surface area contributed by atoms with E-state index in [9.17, 15) is 9.18 Å². The lowest BCUT2D eigenvalue weighted by Crippen LogP contribution is -2.38. The molecule has 0 radical (unpaired) electrons. The van der Waals surface area contributed by atoms with Gasteiger partial charge in [0.1, 0.15) is 12.0 Å². The van der Waals surface area contributed by atoms with E-state index >= 15 is 0 Å². The van der Waals surface area contributed by atoms with Crippen molar-refractivity contribution < 1.29 is 9.18 Å². The molecule has 2 rings (SSSR count). The first-order chi connectivity index (χ1) is 9.06. The number of rotatable bonds is 4. The Morgan fingerprint density at radius 1 is 1.37 bits per heavy atom. The van der Waals surface area contributed by atoms with E-state index in [1.807, 2.05) is 12.1 Å². The zero-order chi connectivity index (χ0) is 13.8. The Hall–Kier alpha value is -0.930. The summed E-state index contributed by atoms with van der Waals surface area (Å²) in [6.45, 7) is 3.75. The Morgan fingerprint density at radius 2 is 1.95 bits per heavy atom. The fourth-order valence-corrected chi connectivity index (χ4v) is 2.63. The van der Waals surface area contributed by atoms with E-state index in [1.165, 1.54) is 0 Å². The number of Topliss-reactive ketones (excluding diaryl/α,β-unsaturated/α-hetero) is 1. The first-order valence-corrected chi connectivity index (χ1v) is 7.06. The predicted octanol–water partition coefficient (Wildman–Crippen LogP) is 3.45. The summed E-state index contributed by atoms with van der Waals surface area (Å²) in [6, 6.07) is 7.41. The van der Waals surface area contributed by atoms with E-state index in [-0.39, 0.29) is 11.7 Å². The van der Waals surface area contributed by atoms with Gasteiger partial charge < -0.3 is 4.90 Å². The molecular formula is C15H19ClFNO. The second-order valence-corrected chi connectivity index (χ2v) is 5.63. The maximum Gasteiger partial charge on any atom is 0.138 e. The molecule has 0 amide bonds. The van der Waals surface area contributed by atoms with E-state index in [0.717, 1.165) is 18.7 Å². The van der Waals surface area contributed by atoms with Gasteiger partial charge in [-0.05, 0) is 37.5 Å². The fraction of sp³-hybridized carbons (Fsp3) is 0.533. The lowest BCUT2D eigenvalue weighted by molar-refractivity contribution is -0.118. The Morgan fingerprint density at radius 3 is 2.47 bits per heavy atom. The highest BCUT2D eigenvalue weighted by molar-refractivity contribution is 6.30. The summed E-state index contributed by atoms with van der Waals surface area (Å²) in [5, 5.41) is 0.671. The van der Waals surface area contributed by atoms with Crippen molar-refractivity contribution in [1.82, 2.24) is 4.90 Å². The minimum absolute atomic E-state index is 0.143. The van der Waals surface area contributed by atoms with Gasteiger partial charge in [-0.1, -0.05) is 23.7 Å². The molecule has 19 heavy (non-hydrogen) atoms. The molecule has 0 aliphatic carbocycles. The zero-order valence-corrected chi connectivity index (χ0v) is 11.9. The summed E-state index contributed by atoms with van der Waals surface area (Å²) >= 11 is 5.87. The van der Waals surface area contributed by atoms with Gasteiger partial charge >= 0.3 is 0 Å². The normalized spacial score (nSPS) is 19.3. The zero-order valence-electron chi connectivity index (χ0n) is 11.1. The maximum atomic E-state index is 13.1. The quantitative estimate of drug-likeness (QED) is 0.844. The standard InChI is InChI=1S/C15H19ClFNO/c1-11(19)15(12-2-4-13(16)5-3-12)10-18-8-6-14(17)7-9-18/h2-5,14-15H,6-10H2,1H3/t15-/m1/s1. The topological polar surface area (TPSA) is 20.3 Å². The SMILES string of the molecule is CC(=O)[C@@H](CN1CCC(F)CC1)c1ccc(Cl)cc1. The molecule has 0 aromatic heterocycles. The first-order valence-electron chi connectivity index (χ1n) is 6.68. The molecule has 1 aliphatic heterocycles. The third-order valence-electron chi connectivity index (χ3n) is 3.72. The molecule has 2 nitrogen and oxygen atoms in total. The average molecular weight is 284 g/mol. The van der Waals surface area contributed by atoms with Crippen molar-refractivity contribution >= 4 is 17.4 Å². The van der Waals surface area contributed by atoms with Gasteiger partial charge in [-0.2, -0.15) is 0 Å². The monoisotopic (exact) mass is 283 g/mol. The van der Waals surface area contributed by atoms with Gasteiger partial charge in [-0.3, -0.25) is 4.79 Å². The number of halogens is 2. The molecule has 104 valence electrons. The van der Waals surface area contributed by atoms with Crippen molar-refractivity contribution in [1.29, 1.82) is 0 Å². The van der Waals surface area contributed by atoms with E-state index in [2.05, 4.69) is 4.90 Å². The second-order valence-electron chi connectivity index (χ2n) is 5.19. The lowest BCUT2D eigenvalue weighted by Gasteiger charge is -2.31. The molecule has 1 aromatic carbocycles. The summed E-state index contributed by atoms with van der Waals surface area (Å²) in [7, 11) is 0. The molecule has 1 fully saturated rings. The van der Waals surface area contributed by atoms with Crippen LogP contribution in [0.1, 0.15) is 31.2 Å². The average Bonchev–Trinajstić information content (AvgIpc) is 2.39. The van der Waals surface area contributed by atoms with Crippen molar-refractivity contribution in [3.05, 3.63) is 34.9 Å². The van der Waals surface area contributed by atoms with E-state index in [1.54, 1.807) is 19.1 Å². The first kappa shape index (κ1) is 14.5. The van der Waals surface area contributed by atoms with E-state index < -0.39 is 6.17 Å². The molecule has 0 unspecified atom stereocenters. The van der Waals surface area contributed by atoms with Crippen LogP contribution in [0.5, 0.6) is 0 Å². The van der Waals surface area contributed by atoms with Crippen LogP contribution >= 0.6 is 11.6 Å². The maximum absolute atomic E-state index is 13.1. The van der Waals surface area contributed by atoms with E-state index in [4.69, 9.17) is 11.6 Å². The molecule has 1 aromatic rings. The number of carbonyl (C=O) groups is 1. The summed E-state index contributed by atoms with van der Waals surface area (Å²) in [4.78, 5) is 14.0. The van der Waals surface area contributed by atoms with Gasteiger partial charge in [-0.15, -0.1) is 0 Å². The summed E-state index contributed by atoms with van der Waals surface area (Å²) in [5.74, 6) is -0.00174. The molecule has 1 saturated heterocycles. The fourth-order valence-electron chi connectivity index (χ4n) is 2.51. The third-order valence-corrected chi connectivity index (χ3v) is 3.97. The number of hydrogen-bond donors (Lipinski definition) is 0. The predicted molar refractivity (Wildman–Crippen MR) is 75.4 cm³/mol. The van der Waals surface area contributed by atoms with Crippen LogP contribution in [0.25, 0.3) is 0 Å². The number of benzene rings is 1. The largest absolute Gasteiger partial charge is 0.302 e. The van der Waals surface area contributed by atoms with Crippen LogP contribution in [0.4, 0.5) is 4.39 Å². The Kier molecular flexibility index (Phi) is 4.94. The lowest BCUT2D eigenvalue weighted by atomic mass is 9.94. The van der Waals surface area contributed by atoms with Crippen LogP contribution in [0, 0.1) is 0 Å². The van der Waals surface area contributed by atoms with Gasteiger partial charge in [-0.25, -0.2) is 4.39 Å². The molecule has 1 heterocycles.